The molecule has 0 aromatic rings. The molecule has 0 saturated carbocycles. The van der Waals surface area contributed by atoms with Crippen molar-refractivity contribution in [3.05, 3.63) is 0 Å². The van der Waals surface area contributed by atoms with Crippen LogP contribution in [0.15, 0.2) is 0 Å². The van der Waals surface area contributed by atoms with Crippen LogP contribution in [0.3, 0.4) is 0 Å². The minimum atomic E-state index is -0.0704. The second-order valence-corrected chi connectivity index (χ2v) is 4.07. The topological polar surface area (TPSA) is 50.4 Å². The first-order valence-corrected chi connectivity index (χ1v) is 5.30. The molecule has 1 heterocycles. The van der Waals surface area contributed by atoms with Gasteiger partial charge in [-0.15, -0.1) is 0 Å². The number of hydrogen-bond donors (Lipinski definition) is 2. The highest BCUT2D eigenvalue weighted by atomic mass is 16.5. The summed E-state index contributed by atoms with van der Waals surface area (Å²) in [6, 6.07) is 0.128. The molecule has 0 spiro atoms. The lowest BCUT2D eigenvalue weighted by Gasteiger charge is -2.11. The number of urea groups is 1. The summed E-state index contributed by atoms with van der Waals surface area (Å²) in [6.45, 7) is 6.37. The van der Waals surface area contributed by atoms with Crippen LogP contribution in [0.4, 0.5) is 4.79 Å². The number of carbonyl (C=O) groups excluding carboxylic acids is 1. The molecule has 1 unspecified atom stereocenters. The van der Waals surface area contributed by atoms with Gasteiger partial charge in [0.2, 0.25) is 0 Å². The van der Waals surface area contributed by atoms with E-state index in [0.717, 1.165) is 32.6 Å². The molecule has 2 amide bonds. The molecule has 4 nitrogen and oxygen atoms in total. The van der Waals surface area contributed by atoms with Gasteiger partial charge in [-0.1, -0.05) is 0 Å². The molecule has 1 aliphatic heterocycles. The standard InChI is InChI=1S/C10H20N2O2/c1-8(2)12-10(13)11-5-3-9-4-6-14-7-9/h8-9H,3-7H2,1-2H3,(H2,11,12,13). The molecule has 1 saturated heterocycles. The third kappa shape index (κ3) is 4.46. The van der Waals surface area contributed by atoms with E-state index in [9.17, 15) is 4.79 Å². The Labute approximate surface area is 85.4 Å². The summed E-state index contributed by atoms with van der Waals surface area (Å²) >= 11 is 0. The summed E-state index contributed by atoms with van der Waals surface area (Å²) in [5.74, 6) is 0.634. The molecule has 2 N–H and O–H groups in total. The van der Waals surface area contributed by atoms with E-state index in [1.54, 1.807) is 0 Å². The van der Waals surface area contributed by atoms with Crippen LogP contribution in [-0.2, 0) is 4.74 Å². The molecule has 82 valence electrons. The van der Waals surface area contributed by atoms with Crippen LogP contribution in [0, 0.1) is 5.92 Å². The second-order valence-electron chi connectivity index (χ2n) is 4.07. The number of nitrogens with one attached hydrogen (secondary N) is 2. The molecule has 0 radical (unpaired) electrons. The summed E-state index contributed by atoms with van der Waals surface area (Å²) in [5, 5.41) is 5.62. The first-order chi connectivity index (χ1) is 6.68. The van der Waals surface area contributed by atoms with Crippen molar-refractivity contribution in [1.82, 2.24) is 10.6 Å². The van der Waals surface area contributed by atoms with Crippen molar-refractivity contribution < 1.29 is 9.53 Å². The fourth-order valence-electron chi connectivity index (χ4n) is 1.51. The van der Waals surface area contributed by atoms with Crippen LogP contribution in [-0.4, -0.2) is 31.8 Å². The lowest BCUT2D eigenvalue weighted by Crippen LogP contribution is -2.40. The van der Waals surface area contributed by atoms with Crippen LogP contribution in [0.5, 0.6) is 0 Å². The van der Waals surface area contributed by atoms with Crippen LogP contribution in [0.1, 0.15) is 26.7 Å². The predicted octanol–water partition coefficient (Wildman–Crippen LogP) is 1.12. The molecule has 14 heavy (non-hydrogen) atoms. The normalized spacial score (nSPS) is 21.2. The Balaban J connectivity index is 1.99. The highest BCUT2D eigenvalue weighted by molar-refractivity contribution is 5.73. The van der Waals surface area contributed by atoms with E-state index in [2.05, 4.69) is 10.6 Å². The van der Waals surface area contributed by atoms with Gasteiger partial charge in [0.1, 0.15) is 0 Å². The Morgan fingerprint density at radius 3 is 2.93 bits per heavy atom. The summed E-state index contributed by atoms with van der Waals surface area (Å²) < 4.78 is 5.25. The van der Waals surface area contributed by atoms with Gasteiger partial charge in [0.25, 0.3) is 0 Å². The van der Waals surface area contributed by atoms with Gasteiger partial charge in [-0.25, -0.2) is 4.79 Å². The predicted molar refractivity (Wildman–Crippen MR) is 55.2 cm³/mol. The zero-order valence-electron chi connectivity index (χ0n) is 9.01. The first kappa shape index (κ1) is 11.3. The number of amides is 2. The van der Waals surface area contributed by atoms with E-state index in [4.69, 9.17) is 4.74 Å². The molecule has 0 aromatic carbocycles. The number of hydrogen-bond acceptors (Lipinski definition) is 2. The van der Waals surface area contributed by atoms with Crippen molar-refractivity contribution in [3.63, 3.8) is 0 Å². The summed E-state index contributed by atoms with van der Waals surface area (Å²) in [4.78, 5) is 11.2. The van der Waals surface area contributed by atoms with Gasteiger partial charge >= 0.3 is 6.03 Å². The summed E-state index contributed by atoms with van der Waals surface area (Å²) in [5.41, 5.74) is 0. The van der Waals surface area contributed by atoms with Crippen LogP contribution >= 0.6 is 0 Å². The fraction of sp³-hybridized carbons (Fsp3) is 0.900. The van der Waals surface area contributed by atoms with Crippen molar-refractivity contribution in [2.75, 3.05) is 19.8 Å². The Kier molecular flexibility index (Phi) is 4.73. The van der Waals surface area contributed by atoms with Crippen LogP contribution in [0.2, 0.25) is 0 Å². The molecule has 0 aromatic heterocycles. The molecular formula is C10H20N2O2. The zero-order valence-corrected chi connectivity index (χ0v) is 9.01. The zero-order chi connectivity index (χ0) is 10.4. The average Bonchev–Trinajstić information content (AvgIpc) is 2.55. The average molecular weight is 200 g/mol. The maximum Gasteiger partial charge on any atom is 0.314 e. The first-order valence-electron chi connectivity index (χ1n) is 5.30. The Morgan fingerprint density at radius 1 is 1.57 bits per heavy atom. The van der Waals surface area contributed by atoms with Gasteiger partial charge in [-0.2, -0.15) is 0 Å². The van der Waals surface area contributed by atoms with Gasteiger partial charge in [0, 0.05) is 25.8 Å². The second kappa shape index (κ2) is 5.86. The number of rotatable bonds is 4. The smallest absolute Gasteiger partial charge is 0.314 e. The molecule has 0 aliphatic carbocycles. The Hall–Kier alpha value is -0.770. The maximum absolute atomic E-state index is 11.2. The van der Waals surface area contributed by atoms with E-state index in [1.807, 2.05) is 13.8 Å². The van der Waals surface area contributed by atoms with Crippen molar-refractivity contribution in [3.8, 4) is 0 Å². The van der Waals surface area contributed by atoms with Crippen LogP contribution in [0.25, 0.3) is 0 Å². The quantitative estimate of drug-likeness (QED) is 0.714. The Morgan fingerprint density at radius 2 is 2.36 bits per heavy atom. The van der Waals surface area contributed by atoms with Crippen molar-refractivity contribution in [2.45, 2.75) is 32.7 Å². The minimum Gasteiger partial charge on any atom is -0.381 e. The molecule has 1 atom stereocenters. The monoisotopic (exact) mass is 200 g/mol. The molecule has 1 aliphatic rings. The van der Waals surface area contributed by atoms with E-state index in [1.165, 1.54) is 0 Å². The van der Waals surface area contributed by atoms with E-state index < -0.39 is 0 Å². The molecule has 4 heteroatoms. The van der Waals surface area contributed by atoms with Crippen molar-refractivity contribution in [2.24, 2.45) is 5.92 Å². The van der Waals surface area contributed by atoms with Gasteiger partial charge in [0.15, 0.2) is 0 Å². The third-order valence-corrected chi connectivity index (χ3v) is 2.28. The molecule has 1 rings (SSSR count). The van der Waals surface area contributed by atoms with Gasteiger partial charge < -0.3 is 15.4 Å². The van der Waals surface area contributed by atoms with Gasteiger partial charge in [-0.3, -0.25) is 0 Å². The van der Waals surface area contributed by atoms with E-state index >= 15 is 0 Å². The van der Waals surface area contributed by atoms with Crippen molar-refractivity contribution in [1.29, 1.82) is 0 Å². The summed E-state index contributed by atoms with van der Waals surface area (Å²) in [7, 11) is 0. The Bertz CT molecular complexity index is 177. The molecule has 0 bridgehead atoms. The SMILES string of the molecule is CC(C)NC(=O)NCCC1CCOC1. The fourth-order valence-corrected chi connectivity index (χ4v) is 1.51. The van der Waals surface area contributed by atoms with E-state index in [0.29, 0.717) is 5.92 Å². The minimum absolute atomic E-state index is 0.0704. The lowest BCUT2D eigenvalue weighted by molar-refractivity contribution is 0.184. The van der Waals surface area contributed by atoms with Gasteiger partial charge in [-0.05, 0) is 32.6 Å². The van der Waals surface area contributed by atoms with Crippen molar-refractivity contribution >= 4 is 6.03 Å². The molecular weight excluding hydrogens is 180 g/mol. The summed E-state index contributed by atoms with van der Waals surface area (Å²) in [6.07, 6.45) is 2.15. The van der Waals surface area contributed by atoms with Crippen LogP contribution < -0.4 is 10.6 Å². The largest absolute Gasteiger partial charge is 0.381 e. The van der Waals surface area contributed by atoms with Gasteiger partial charge in [0.05, 0.1) is 0 Å². The number of carbonyl (C=O) groups is 1. The third-order valence-electron chi connectivity index (χ3n) is 2.28. The van der Waals surface area contributed by atoms with E-state index in [-0.39, 0.29) is 12.1 Å². The maximum atomic E-state index is 11.2. The highest BCUT2D eigenvalue weighted by Gasteiger charge is 2.15. The lowest BCUT2D eigenvalue weighted by atomic mass is 10.1. The molecule has 1 fully saturated rings. The highest BCUT2D eigenvalue weighted by Crippen LogP contribution is 2.14. The number of ether oxygens (including phenoxy) is 1.